The molecule has 94 valence electrons. The number of sulfonamides is 1. The quantitative estimate of drug-likeness (QED) is 0.638. The van der Waals surface area contributed by atoms with Crippen LogP contribution in [-0.2, 0) is 14.8 Å². The van der Waals surface area contributed by atoms with Crippen molar-refractivity contribution in [3.8, 4) is 0 Å². The van der Waals surface area contributed by atoms with E-state index in [1.807, 2.05) is 11.8 Å². The number of piperazine rings is 1. The van der Waals surface area contributed by atoms with Crippen LogP contribution in [0.2, 0.25) is 0 Å². The summed E-state index contributed by atoms with van der Waals surface area (Å²) in [6.07, 6.45) is 0.542. The van der Waals surface area contributed by atoms with Gasteiger partial charge in [0.25, 0.3) is 0 Å². The van der Waals surface area contributed by atoms with E-state index in [2.05, 4.69) is 10.0 Å². The lowest BCUT2D eigenvalue weighted by Gasteiger charge is -2.32. The number of rotatable bonds is 5. The molecule has 0 aromatic heterocycles. The predicted molar refractivity (Wildman–Crippen MR) is 61.5 cm³/mol. The molecule has 0 radical (unpaired) electrons. The molecule has 0 aliphatic carbocycles. The summed E-state index contributed by atoms with van der Waals surface area (Å²) in [5, 5.41) is 2.77. The van der Waals surface area contributed by atoms with Crippen LogP contribution in [-0.4, -0.2) is 57.7 Å². The summed E-state index contributed by atoms with van der Waals surface area (Å²) in [6, 6.07) is -0.161. The minimum atomic E-state index is -3.13. The topological polar surface area (TPSA) is 78.5 Å². The van der Waals surface area contributed by atoms with Gasteiger partial charge in [-0.15, -0.1) is 0 Å². The number of carbonyl (C=O) groups is 1. The Kier molecular flexibility index (Phi) is 4.69. The molecule has 0 spiro atoms. The monoisotopic (exact) mass is 249 g/mol. The van der Waals surface area contributed by atoms with Crippen LogP contribution in [0.25, 0.3) is 0 Å². The first-order valence-corrected chi connectivity index (χ1v) is 7.04. The zero-order valence-electron chi connectivity index (χ0n) is 9.69. The summed E-state index contributed by atoms with van der Waals surface area (Å²) in [7, 11) is -1.72. The average Bonchev–Trinajstić information content (AvgIpc) is 2.24. The Morgan fingerprint density at radius 1 is 1.56 bits per heavy atom. The van der Waals surface area contributed by atoms with Crippen LogP contribution in [0.15, 0.2) is 0 Å². The van der Waals surface area contributed by atoms with E-state index in [4.69, 9.17) is 0 Å². The van der Waals surface area contributed by atoms with Gasteiger partial charge in [0, 0.05) is 19.6 Å². The highest BCUT2D eigenvalue weighted by molar-refractivity contribution is 7.89. The molecule has 1 heterocycles. The summed E-state index contributed by atoms with van der Waals surface area (Å²) in [4.78, 5) is 13.3. The van der Waals surface area contributed by atoms with Crippen LogP contribution in [0, 0.1) is 0 Å². The van der Waals surface area contributed by atoms with Gasteiger partial charge in [-0.25, -0.2) is 13.1 Å². The first-order valence-electron chi connectivity index (χ1n) is 5.39. The first-order chi connectivity index (χ1) is 7.46. The van der Waals surface area contributed by atoms with E-state index in [-0.39, 0.29) is 17.7 Å². The van der Waals surface area contributed by atoms with Gasteiger partial charge in [0.05, 0.1) is 11.8 Å². The molecule has 1 aliphatic heterocycles. The maximum atomic E-state index is 11.3. The van der Waals surface area contributed by atoms with E-state index in [1.165, 1.54) is 7.05 Å². The van der Waals surface area contributed by atoms with Crippen molar-refractivity contribution in [3.63, 3.8) is 0 Å². The van der Waals surface area contributed by atoms with Gasteiger partial charge in [0.1, 0.15) is 0 Å². The normalized spacial score (nSPS) is 23.1. The SMILES string of the molecule is CNS(=O)(=O)CCCN1CCNC(=O)C1C. The molecule has 0 aromatic rings. The van der Waals surface area contributed by atoms with Crippen molar-refractivity contribution in [3.05, 3.63) is 0 Å². The third-order valence-corrected chi connectivity index (χ3v) is 4.24. The zero-order valence-corrected chi connectivity index (χ0v) is 10.5. The van der Waals surface area contributed by atoms with Crippen molar-refractivity contribution in [2.75, 3.05) is 32.4 Å². The van der Waals surface area contributed by atoms with Crippen LogP contribution in [0.1, 0.15) is 13.3 Å². The van der Waals surface area contributed by atoms with Crippen LogP contribution in [0.3, 0.4) is 0 Å². The van der Waals surface area contributed by atoms with E-state index in [0.29, 0.717) is 19.5 Å². The largest absolute Gasteiger partial charge is 0.353 e. The Bertz CT molecular complexity index is 342. The lowest BCUT2D eigenvalue weighted by atomic mass is 10.2. The number of nitrogens with one attached hydrogen (secondary N) is 2. The minimum absolute atomic E-state index is 0.0164. The number of carbonyl (C=O) groups excluding carboxylic acids is 1. The second-order valence-corrected chi connectivity index (χ2v) is 5.93. The molecular formula is C9H19N3O3S. The number of hydrogen-bond donors (Lipinski definition) is 2. The highest BCUT2D eigenvalue weighted by Gasteiger charge is 2.24. The van der Waals surface area contributed by atoms with Crippen LogP contribution < -0.4 is 10.0 Å². The highest BCUT2D eigenvalue weighted by atomic mass is 32.2. The molecule has 0 aromatic carbocycles. The van der Waals surface area contributed by atoms with E-state index in [0.717, 1.165) is 6.54 Å². The molecule has 1 saturated heterocycles. The summed E-state index contributed by atoms with van der Waals surface area (Å²) >= 11 is 0. The van der Waals surface area contributed by atoms with Gasteiger partial charge < -0.3 is 5.32 Å². The predicted octanol–water partition coefficient (Wildman–Crippen LogP) is -1.25. The number of amides is 1. The first kappa shape index (κ1) is 13.4. The smallest absolute Gasteiger partial charge is 0.237 e. The van der Waals surface area contributed by atoms with Crippen LogP contribution in [0.4, 0.5) is 0 Å². The maximum Gasteiger partial charge on any atom is 0.237 e. The Labute approximate surface area is 96.4 Å². The third-order valence-electron chi connectivity index (χ3n) is 2.79. The lowest BCUT2D eigenvalue weighted by molar-refractivity contribution is -0.128. The van der Waals surface area contributed by atoms with Gasteiger partial charge >= 0.3 is 0 Å². The minimum Gasteiger partial charge on any atom is -0.353 e. The maximum absolute atomic E-state index is 11.3. The Morgan fingerprint density at radius 3 is 2.88 bits per heavy atom. The molecule has 1 atom stereocenters. The zero-order chi connectivity index (χ0) is 12.2. The van der Waals surface area contributed by atoms with Crippen molar-refractivity contribution in [1.82, 2.24) is 14.9 Å². The Morgan fingerprint density at radius 2 is 2.25 bits per heavy atom. The summed E-state index contributed by atoms with van der Waals surface area (Å²) in [6.45, 7) is 3.89. The molecule has 2 N–H and O–H groups in total. The summed E-state index contributed by atoms with van der Waals surface area (Å²) < 4.78 is 24.6. The van der Waals surface area contributed by atoms with Gasteiger partial charge in [-0.3, -0.25) is 9.69 Å². The summed E-state index contributed by atoms with van der Waals surface area (Å²) in [5.41, 5.74) is 0. The lowest BCUT2D eigenvalue weighted by Crippen LogP contribution is -2.54. The fourth-order valence-electron chi connectivity index (χ4n) is 1.70. The van der Waals surface area contributed by atoms with Crippen LogP contribution >= 0.6 is 0 Å². The van der Waals surface area contributed by atoms with Gasteiger partial charge in [0.2, 0.25) is 15.9 Å². The third kappa shape index (κ3) is 3.73. The van der Waals surface area contributed by atoms with Crippen LogP contribution in [0.5, 0.6) is 0 Å². The van der Waals surface area contributed by atoms with Crippen molar-refractivity contribution in [2.24, 2.45) is 0 Å². The van der Waals surface area contributed by atoms with Gasteiger partial charge in [-0.1, -0.05) is 0 Å². The standard InChI is InChI=1S/C9H19N3O3S/c1-8-9(13)11-4-6-12(8)5-3-7-16(14,15)10-2/h8,10H,3-7H2,1-2H3,(H,11,13). The average molecular weight is 249 g/mol. The molecule has 1 amide bonds. The fourth-order valence-corrected chi connectivity index (χ4v) is 2.41. The van der Waals surface area contributed by atoms with Gasteiger partial charge in [-0.2, -0.15) is 0 Å². The molecule has 1 rings (SSSR count). The van der Waals surface area contributed by atoms with E-state index >= 15 is 0 Å². The van der Waals surface area contributed by atoms with Gasteiger partial charge in [-0.05, 0) is 20.4 Å². The number of hydrogen-bond acceptors (Lipinski definition) is 4. The van der Waals surface area contributed by atoms with E-state index in [1.54, 1.807) is 0 Å². The number of nitrogens with zero attached hydrogens (tertiary/aromatic N) is 1. The second-order valence-electron chi connectivity index (χ2n) is 3.88. The molecule has 1 unspecified atom stereocenters. The van der Waals surface area contributed by atoms with Crippen molar-refractivity contribution in [2.45, 2.75) is 19.4 Å². The van der Waals surface area contributed by atoms with Crippen molar-refractivity contribution < 1.29 is 13.2 Å². The second kappa shape index (κ2) is 5.60. The Balaban J connectivity index is 2.35. The molecule has 16 heavy (non-hydrogen) atoms. The molecule has 6 nitrogen and oxygen atoms in total. The van der Waals surface area contributed by atoms with Crippen molar-refractivity contribution in [1.29, 1.82) is 0 Å². The molecule has 0 saturated carbocycles. The molecule has 1 aliphatic rings. The van der Waals surface area contributed by atoms with E-state index in [9.17, 15) is 13.2 Å². The summed E-state index contributed by atoms with van der Waals surface area (Å²) in [5.74, 6) is 0.122. The molecule has 1 fully saturated rings. The Hall–Kier alpha value is -0.660. The fraction of sp³-hybridized carbons (Fsp3) is 0.889. The van der Waals surface area contributed by atoms with Gasteiger partial charge in [0.15, 0.2) is 0 Å². The van der Waals surface area contributed by atoms with Crippen molar-refractivity contribution >= 4 is 15.9 Å². The molecule has 0 bridgehead atoms. The highest BCUT2D eigenvalue weighted by Crippen LogP contribution is 2.04. The molecular weight excluding hydrogens is 230 g/mol. The van der Waals surface area contributed by atoms with E-state index < -0.39 is 10.0 Å². The molecule has 7 heteroatoms.